The number of piperazine rings is 1. The fourth-order valence-corrected chi connectivity index (χ4v) is 5.99. The van der Waals surface area contributed by atoms with Crippen LogP contribution in [0.25, 0.3) is 0 Å². The van der Waals surface area contributed by atoms with Crippen LogP contribution in [-0.2, 0) is 11.3 Å². The Morgan fingerprint density at radius 3 is 2.61 bits per heavy atom. The van der Waals surface area contributed by atoms with Crippen LogP contribution in [0.3, 0.4) is 0 Å². The Labute approximate surface area is 244 Å². The number of carbonyl (C=O) groups excluding carboxylic acids is 2. The zero-order valence-electron chi connectivity index (χ0n) is 22.3. The smallest absolute Gasteiger partial charge is 0.367 e. The molecule has 224 valence electrons. The highest BCUT2D eigenvalue weighted by molar-refractivity contribution is 8.00. The van der Waals surface area contributed by atoms with Gasteiger partial charge < -0.3 is 20.9 Å². The maximum Gasteiger partial charge on any atom is 0.390 e. The monoisotopic (exact) mass is 619 g/mol. The number of anilines is 2. The topological polar surface area (TPSA) is 76.7 Å². The molecule has 14 heteroatoms. The molecule has 41 heavy (non-hydrogen) atoms. The zero-order chi connectivity index (χ0) is 29.7. The molecule has 2 atom stereocenters. The van der Waals surface area contributed by atoms with Gasteiger partial charge in [0.05, 0.1) is 28.6 Å². The average molecular weight is 620 g/mol. The van der Waals surface area contributed by atoms with Crippen molar-refractivity contribution in [2.24, 2.45) is 0 Å². The fraction of sp³-hybridized carbons (Fsp3) is 0.481. The van der Waals surface area contributed by atoms with Gasteiger partial charge in [-0.1, -0.05) is 17.7 Å². The van der Waals surface area contributed by atoms with E-state index in [-0.39, 0.29) is 35.9 Å². The molecule has 0 unspecified atom stereocenters. The molecule has 2 amide bonds. The van der Waals surface area contributed by atoms with E-state index in [2.05, 4.69) is 16.0 Å². The van der Waals surface area contributed by atoms with Crippen molar-refractivity contribution in [1.82, 2.24) is 15.5 Å². The Bertz CT molecular complexity index is 1260. The minimum Gasteiger partial charge on any atom is -0.367 e. The SMILES string of the molecule is C[C@@H]1CN(c2cc(Cl)ccc2NC(=O)c2ccc(CNC(=O)[C@H]3CNCCS3)c(F)c2F)CCN1CCC(F)(F)F. The van der Waals surface area contributed by atoms with E-state index >= 15 is 0 Å². The number of rotatable bonds is 8. The highest BCUT2D eigenvalue weighted by Crippen LogP contribution is 2.32. The Morgan fingerprint density at radius 2 is 1.93 bits per heavy atom. The first kappa shape index (κ1) is 31.3. The molecule has 4 rings (SSSR count). The van der Waals surface area contributed by atoms with Gasteiger partial charge in [-0.15, -0.1) is 11.8 Å². The summed E-state index contributed by atoms with van der Waals surface area (Å²) in [4.78, 5) is 29.0. The molecule has 2 saturated heterocycles. The lowest BCUT2D eigenvalue weighted by Crippen LogP contribution is -2.52. The molecule has 0 aromatic heterocycles. The predicted octanol–water partition coefficient (Wildman–Crippen LogP) is 4.65. The van der Waals surface area contributed by atoms with E-state index in [0.29, 0.717) is 42.6 Å². The van der Waals surface area contributed by atoms with Gasteiger partial charge in [-0.3, -0.25) is 14.5 Å². The normalized spacial score (nSPS) is 20.1. The lowest BCUT2D eigenvalue weighted by molar-refractivity contribution is -0.139. The lowest BCUT2D eigenvalue weighted by Gasteiger charge is -2.41. The standard InChI is InChI=1S/C27H31ClF5N5O2S/c1-16-15-38(10-9-37(16)8-6-27(31,32)33)21-12-18(28)3-5-20(21)36-25(39)19-4-2-17(23(29)24(19)30)13-35-26(40)22-14-34-7-11-41-22/h2-5,12,16,22,34H,6-11,13-15H2,1H3,(H,35,40)(H,36,39)/t16-,22-/m1/s1. The number of nitrogens with one attached hydrogen (secondary N) is 3. The van der Waals surface area contributed by atoms with Gasteiger partial charge in [0, 0.05) is 68.2 Å². The second kappa shape index (κ2) is 13.6. The number of thioether (sulfide) groups is 1. The van der Waals surface area contributed by atoms with Crippen LogP contribution >= 0.6 is 23.4 Å². The van der Waals surface area contributed by atoms with Gasteiger partial charge in [0.1, 0.15) is 0 Å². The molecule has 0 aliphatic carbocycles. The van der Waals surface area contributed by atoms with Crippen molar-refractivity contribution in [2.45, 2.75) is 37.4 Å². The maximum absolute atomic E-state index is 15.0. The molecule has 3 N–H and O–H groups in total. The maximum atomic E-state index is 15.0. The number of amides is 2. The van der Waals surface area contributed by atoms with Crippen molar-refractivity contribution >= 4 is 46.6 Å². The first-order valence-electron chi connectivity index (χ1n) is 13.2. The van der Waals surface area contributed by atoms with Crippen LogP contribution < -0.4 is 20.9 Å². The van der Waals surface area contributed by atoms with Gasteiger partial charge in [-0.25, -0.2) is 8.78 Å². The van der Waals surface area contributed by atoms with Crippen molar-refractivity contribution in [3.05, 3.63) is 58.1 Å². The molecule has 2 heterocycles. The first-order valence-corrected chi connectivity index (χ1v) is 14.6. The van der Waals surface area contributed by atoms with Gasteiger partial charge in [-0.2, -0.15) is 13.2 Å². The molecule has 0 bridgehead atoms. The van der Waals surface area contributed by atoms with Crippen LogP contribution in [0.4, 0.5) is 33.3 Å². The van der Waals surface area contributed by atoms with E-state index in [4.69, 9.17) is 11.6 Å². The van der Waals surface area contributed by atoms with Crippen LogP contribution in [0.2, 0.25) is 5.02 Å². The third-order valence-corrected chi connectivity index (χ3v) is 8.53. The number of hydrogen-bond donors (Lipinski definition) is 3. The molecule has 0 radical (unpaired) electrons. The zero-order valence-corrected chi connectivity index (χ0v) is 23.9. The number of halogens is 6. The molecule has 7 nitrogen and oxygen atoms in total. The number of benzene rings is 2. The van der Waals surface area contributed by atoms with Crippen LogP contribution in [-0.4, -0.2) is 79.2 Å². The number of nitrogens with zero attached hydrogens (tertiary/aromatic N) is 2. The third kappa shape index (κ3) is 8.24. The van der Waals surface area contributed by atoms with E-state index < -0.39 is 35.7 Å². The second-order valence-corrected chi connectivity index (χ2v) is 11.7. The van der Waals surface area contributed by atoms with Crippen LogP contribution in [0.15, 0.2) is 30.3 Å². The van der Waals surface area contributed by atoms with E-state index in [1.807, 2.05) is 11.8 Å². The second-order valence-electron chi connectivity index (χ2n) is 9.99. The van der Waals surface area contributed by atoms with Crippen molar-refractivity contribution in [1.29, 1.82) is 0 Å². The minimum absolute atomic E-state index is 0.0919. The van der Waals surface area contributed by atoms with Crippen molar-refractivity contribution < 1.29 is 31.5 Å². The molecule has 0 spiro atoms. The molecular formula is C27H31ClF5N5O2S. The molecular weight excluding hydrogens is 589 g/mol. The number of carbonyl (C=O) groups is 2. The quantitative estimate of drug-likeness (QED) is 0.374. The summed E-state index contributed by atoms with van der Waals surface area (Å²) in [5.74, 6) is -2.97. The van der Waals surface area contributed by atoms with E-state index in [1.54, 1.807) is 11.0 Å². The largest absolute Gasteiger partial charge is 0.390 e. The highest BCUT2D eigenvalue weighted by atomic mass is 35.5. The summed E-state index contributed by atoms with van der Waals surface area (Å²) >= 11 is 7.69. The predicted molar refractivity (Wildman–Crippen MR) is 151 cm³/mol. The molecule has 2 fully saturated rings. The number of hydrogen-bond acceptors (Lipinski definition) is 6. The van der Waals surface area contributed by atoms with Gasteiger partial charge >= 0.3 is 6.18 Å². The van der Waals surface area contributed by atoms with Crippen molar-refractivity contribution in [3.63, 3.8) is 0 Å². The van der Waals surface area contributed by atoms with Gasteiger partial charge in [0.15, 0.2) is 11.6 Å². The summed E-state index contributed by atoms with van der Waals surface area (Å²) in [5, 5.41) is 8.39. The average Bonchev–Trinajstić information content (AvgIpc) is 2.93. The lowest BCUT2D eigenvalue weighted by atomic mass is 10.1. The summed E-state index contributed by atoms with van der Waals surface area (Å²) in [7, 11) is 0. The molecule has 2 aliphatic heterocycles. The van der Waals surface area contributed by atoms with Gasteiger partial charge in [-0.05, 0) is 31.2 Å². The molecule has 2 aliphatic rings. The fourth-order valence-electron chi connectivity index (χ4n) is 4.81. The van der Waals surface area contributed by atoms with Crippen molar-refractivity contribution in [2.75, 3.05) is 55.2 Å². The third-order valence-electron chi connectivity index (χ3n) is 7.08. The molecule has 2 aromatic rings. The van der Waals surface area contributed by atoms with Gasteiger partial charge in [0.25, 0.3) is 5.91 Å². The van der Waals surface area contributed by atoms with Gasteiger partial charge in [0.2, 0.25) is 5.91 Å². The summed E-state index contributed by atoms with van der Waals surface area (Å²) in [6, 6.07) is 6.88. The Hall–Kier alpha value is -2.61. The Kier molecular flexibility index (Phi) is 10.4. The minimum atomic E-state index is -4.24. The Morgan fingerprint density at radius 1 is 1.15 bits per heavy atom. The summed E-state index contributed by atoms with van der Waals surface area (Å²) in [5.41, 5.74) is 0.204. The first-order chi connectivity index (χ1) is 19.4. The van der Waals surface area contributed by atoms with Crippen molar-refractivity contribution in [3.8, 4) is 0 Å². The Balaban J connectivity index is 1.43. The number of alkyl halides is 3. The van der Waals surface area contributed by atoms with E-state index in [1.165, 1.54) is 30.0 Å². The summed E-state index contributed by atoms with van der Waals surface area (Å²) in [6.07, 6.45) is -5.14. The van der Waals surface area contributed by atoms with Crippen LogP contribution in [0.5, 0.6) is 0 Å². The van der Waals surface area contributed by atoms with E-state index in [9.17, 15) is 31.5 Å². The summed E-state index contributed by atoms with van der Waals surface area (Å²) < 4.78 is 67.9. The highest BCUT2D eigenvalue weighted by Gasteiger charge is 2.32. The van der Waals surface area contributed by atoms with Crippen LogP contribution in [0, 0.1) is 11.6 Å². The molecule has 0 saturated carbocycles. The van der Waals surface area contributed by atoms with E-state index in [0.717, 1.165) is 18.4 Å². The summed E-state index contributed by atoms with van der Waals surface area (Å²) in [6.45, 7) is 3.89. The van der Waals surface area contributed by atoms with Crippen LogP contribution in [0.1, 0.15) is 29.3 Å². The molecule has 2 aromatic carbocycles.